The Bertz CT molecular complexity index is 509. The maximum absolute atomic E-state index is 11.5. The second kappa shape index (κ2) is 3.98. The summed E-state index contributed by atoms with van der Waals surface area (Å²) in [6.45, 7) is 2.11. The van der Waals surface area contributed by atoms with Gasteiger partial charge in [-0.2, -0.15) is 5.10 Å². The number of carbonyl (C=O) groups is 1. The fourth-order valence-corrected chi connectivity index (χ4v) is 1.50. The molecule has 6 heteroatoms. The van der Waals surface area contributed by atoms with Crippen molar-refractivity contribution in [1.82, 2.24) is 14.8 Å². The monoisotopic (exact) mass is 269 g/mol. The molecule has 0 aliphatic rings. The molecule has 5 nitrogen and oxygen atoms in total. The van der Waals surface area contributed by atoms with Crippen molar-refractivity contribution in [2.75, 3.05) is 6.61 Å². The zero-order chi connectivity index (χ0) is 10.8. The van der Waals surface area contributed by atoms with Crippen LogP contribution in [0.3, 0.4) is 0 Å². The average molecular weight is 270 g/mol. The van der Waals surface area contributed by atoms with Gasteiger partial charge in [-0.05, 0) is 35.0 Å². The summed E-state index contributed by atoms with van der Waals surface area (Å²) in [5.41, 5.74) is 1.06. The Hall–Kier alpha value is -1.43. The molecule has 2 aromatic heterocycles. The predicted octanol–water partition coefficient (Wildman–Crippen LogP) is 1.67. The summed E-state index contributed by atoms with van der Waals surface area (Å²) in [5, 5.41) is 8.01. The summed E-state index contributed by atoms with van der Waals surface area (Å²) in [7, 11) is 0. The van der Waals surface area contributed by atoms with Gasteiger partial charge in [-0.1, -0.05) is 0 Å². The molecule has 0 bridgehead atoms. The highest BCUT2D eigenvalue weighted by molar-refractivity contribution is 9.10. The van der Waals surface area contributed by atoms with Crippen molar-refractivity contribution >= 4 is 27.4 Å². The van der Waals surface area contributed by atoms with E-state index in [0.717, 1.165) is 0 Å². The number of hydrogen-bond acceptors (Lipinski definition) is 4. The molecule has 0 aliphatic heterocycles. The molecule has 15 heavy (non-hydrogen) atoms. The van der Waals surface area contributed by atoms with Gasteiger partial charge in [0.2, 0.25) is 0 Å². The van der Waals surface area contributed by atoms with Crippen molar-refractivity contribution in [1.29, 1.82) is 0 Å². The van der Waals surface area contributed by atoms with Gasteiger partial charge in [0.15, 0.2) is 0 Å². The molecular weight excluding hydrogens is 262 g/mol. The number of hydrogen-bond donors (Lipinski definition) is 0. The van der Waals surface area contributed by atoms with E-state index in [4.69, 9.17) is 4.74 Å². The molecule has 0 amide bonds. The predicted molar refractivity (Wildman–Crippen MR) is 56.6 cm³/mol. The Labute approximate surface area is 94.2 Å². The summed E-state index contributed by atoms with van der Waals surface area (Å²) < 4.78 is 6.94. The van der Waals surface area contributed by atoms with Crippen molar-refractivity contribution < 1.29 is 9.53 Å². The average Bonchev–Trinajstić information content (AvgIpc) is 2.60. The van der Waals surface area contributed by atoms with E-state index in [2.05, 4.69) is 26.1 Å². The highest BCUT2D eigenvalue weighted by Crippen LogP contribution is 2.13. The molecule has 0 aliphatic carbocycles. The Morgan fingerprint density at radius 1 is 1.60 bits per heavy atom. The highest BCUT2D eigenvalue weighted by Gasteiger charge is 2.13. The summed E-state index contributed by atoms with van der Waals surface area (Å²) in [6, 6.07) is 3.51. The largest absolute Gasteiger partial charge is 0.462 e. The Morgan fingerprint density at radius 3 is 3.13 bits per heavy atom. The number of ether oxygens (including phenoxy) is 1. The Balaban J connectivity index is 2.49. The van der Waals surface area contributed by atoms with Crippen LogP contribution in [0.15, 0.2) is 22.9 Å². The number of carbonyl (C=O) groups excluding carboxylic acids is 1. The topological polar surface area (TPSA) is 56.5 Å². The second-order valence-electron chi connectivity index (χ2n) is 2.81. The van der Waals surface area contributed by atoms with E-state index >= 15 is 0 Å². The van der Waals surface area contributed by atoms with E-state index in [0.29, 0.717) is 22.3 Å². The first-order valence-electron chi connectivity index (χ1n) is 4.40. The molecule has 0 atom stereocenters. The van der Waals surface area contributed by atoms with Gasteiger partial charge >= 0.3 is 5.97 Å². The molecular formula is C9H8BrN3O2. The van der Waals surface area contributed by atoms with Crippen molar-refractivity contribution in [3.05, 3.63) is 28.5 Å². The van der Waals surface area contributed by atoms with E-state index in [1.165, 1.54) is 10.8 Å². The van der Waals surface area contributed by atoms with Gasteiger partial charge in [-0.3, -0.25) is 0 Å². The molecule has 78 valence electrons. The number of fused-ring (bicyclic) bond motifs is 1. The highest BCUT2D eigenvalue weighted by atomic mass is 79.9. The second-order valence-corrected chi connectivity index (χ2v) is 3.62. The van der Waals surface area contributed by atoms with Gasteiger partial charge in [0.1, 0.15) is 15.7 Å². The van der Waals surface area contributed by atoms with Gasteiger partial charge in [-0.25, -0.2) is 4.79 Å². The Morgan fingerprint density at radius 2 is 2.40 bits per heavy atom. The summed E-state index contributed by atoms with van der Waals surface area (Å²) in [6.07, 6.45) is 1.45. The lowest BCUT2D eigenvalue weighted by Crippen LogP contribution is -2.04. The molecule has 0 saturated carbocycles. The Kier molecular flexibility index (Phi) is 2.68. The van der Waals surface area contributed by atoms with Crippen LogP contribution in [-0.4, -0.2) is 27.4 Å². The summed E-state index contributed by atoms with van der Waals surface area (Å²) in [4.78, 5) is 11.5. The van der Waals surface area contributed by atoms with Crippen molar-refractivity contribution in [3.8, 4) is 0 Å². The van der Waals surface area contributed by atoms with Gasteiger partial charge in [0, 0.05) is 0 Å². The standard InChI is InChI=1S/C9H8BrN3O2/c1-2-15-9(14)6-5-11-13-7(6)3-4-8(10)12-13/h3-5H,2H2,1H3. The van der Waals surface area contributed by atoms with Crippen LogP contribution < -0.4 is 0 Å². The first-order valence-corrected chi connectivity index (χ1v) is 5.19. The lowest BCUT2D eigenvalue weighted by atomic mass is 10.3. The van der Waals surface area contributed by atoms with Crippen molar-refractivity contribution in [3.63, 3.8) is 0 Å². The maximum atomic E-state index is 11.5. The fraction of sp³-hybridized carbons (Fsp3) is 0.222. The number of nitrogens with zero attached hydrogens (tertiary/aromatic N) is 3. The quantitative estimate of drug-likeness (QED) is 0.779. The first-order chi connectivity index (χ1) is 7.22. The lowest BCUT2D eigenvalue weighted by molar-refractivity contribution is 0.0528. The third kappa shape index (κ3) is 1.85. The fourth-order valence-electron chi connectivity index (χ4n) is 1.22. The lowest BCUT2D eigenvalue weighted by Gasteiger charge is -1.98. The zero-order valence-corrected chi connectivity index (χ0v) is 9.56. The minimum atomic E-state index is -0.378. The molecule has 0 saturated heterocycles. The number of halogens is 1. The summed E-state index contributed by atoms with van der Waals surface area (Å²) >= 11 is 3.22. The molecule has 0 aromatic carbocycles. The van der Waals surface area contributed by atoms with Gasteiger partial charge in [0.25, 0.3) is 0 Å². The third-order valence-corrected chi connectivity index (χ3v) is 2.27. The minimum Gasteiger partial charge on any atom is -0.462 e. The minimum absolute atomic E-state index is 0.347. The van der Waals surface area contributed by atoms with Crippen LogP contribution in [0.1, 0.15) is 17.3 Å². The van der Waals surface area contributed by atoms with Crippen LogP contribution in [-0.2, 0) is 4.74 Å². The van der Waals surface area contributed by atoms with E-state index in [-0.39, 0.29) is 5.97 Å². The molecule has 2 rings (SSSR count). The third-order valence-electron chi connectivity index (χ3n) is 1.85. The normalized spacial score (nSPS) is 10.5. The first kappa shape index (κ1) is 10.1. The number of aromatic nitrogens is 3. The molecule has 0 radical (unpaired) electrons. The van der Waals surface area contributed by atoms with E-state index < -0.39 is 0 Å². The SMILES string of the molecule is CCOC(=O)c1cnn2nc(Br)ccc12. The summed E-state index contributed by atoms with van der Waals surface area (Å²) in [5.74, 6) is -0.378. The van der Waals surface area contributed by atoms with Crippen LogP contribution in [0.2, 0.25) is 0 Å². The van der Waals surface area contributed by atoms with Crippen molar-refractivity contribution in [2.24, 2.45) is 0 Å². The van der Waals surface area contributed by atoms with Gasteiger partial charge < -0.3 is 4.74 Å². The maximum Gasteiger partial charge on any atom is 0.342 e. The molecule has 0 N–H and O–H groups in total. The van der Waals surface area contributed by atoms with Crippen LogP contribution in [0.25, 0.3) is 5.52 Å². The number of rotatable bonds is 2. The molecule has 2 heterocycles. The smallest absolute Gasteiger partial charge is 0.342 e. The van der Waals surface area contributed by atoms with Crippen LogP contribution in [0, 0.1) is 0 Å². The zero-order valence-electron chi connectivity index (χ0n) is 7.98. The van der Waals surface area contributed by atoms with E-state index in [1.807, 2.05) is 0 Å². The van der Waals surface area contributed by atoms with Crippen LogP contribution in [0.5, 0.6) is 0 Å². The molecule has 0 unspecified atom stereocenters. The van der Waals surface area contributed by atoms with E-state index in [1.54, 1.807) is 19.1 Å². The van der Waals surface area contributed by atoms with Crippen LogP contribution >= 0.6 is 15.9 Å². The van der Waals surface area contributed by atoms with Crippen LogP contribution in [0.4, 0.5) is 0 Å². The molecule has 0 spiro atoms. The molecule has 0 fully saturated rings. The number of esters is 1. The van der Waals surface area contributed by atoms with E-state index in [9.17, 15) is 4.79 Å². The van der Waals surface area contributed by atoms with Crippen molar-refractivity contribution in [2.45, 2.75) is 6.92 Å². The van der Waals surface area contributed by atoms with Gasteiger partial charge in [-0.15, -0.1) is 9.73 Å². The van der Waals surface area contributed by atoms with Gasteiger partial charge in [0.05, 0.1) is 12.8 Å². The molecule has 2 aromatic rings.